The van der Waals surface area contributed by atoms with E-state index in [2.05, 4.69) is 17.2 Å². The Morgan fingerprint density at radius 3 is 2.44 bits per heavy atom. The molecule has 0 bridgehead atoms. The first-order valence-corrected chi connectivity index (χ1v) is 2.36. The molecular weight excluding hydrogens is 122 g/mol. The Balaban J connectivity index is 0. The summed E-state index contributed by atoms with van der Waals surface area (Å²) in [6, 6.07) is 0. The molecule has 0 aromatic rings. The second-order valence-corrected chi connectivity index (χ2v) is 0.956. The van der Waals surface area contributed by atoms with E-state index in [1.165, 1.54) is 0 Å². The van der Waals surface area contributed by atoms with Gasteiger partial charge >= 0.3 is 5.97 Å². The molecule has 0 spiro atoms. The van der Waals surface area contributed by atoms with Crippen LogP contribution in [0.2, 0.25) is 0 Å². The molecule has 4 heteroatoms. The summed E-state index contributed by atoms with van der Waals surface area (Å²) in [6.07, 6.45) is 1.14. The normalized spacial score (nSPS) is 6.56. The van der Waals surface area contributed by atoms with Gasteiger partial charge in [0.05, 0.1) is 6.61 Å². The number of hydrogen-bond acceptors (Lipinski definition) is 4. The Bertz CT molecular complexity index is 82.3. The predicted octanol–water partition coefficient (Wildman–Crippen LogP) is 0.0698. The standard InChI is InChI=1S/C5H8O2.H3NO/c1-3-5(6)7-4-2;1-2/h3H,1,4H2,2H3;2H,1H2. The van der Waals surface area contributed by atoms with Crippen molar-refractivity contribution in [1.29, 1.82) is 0 Å². The molecule has 3 N–H and O–H groups in total. The third-order valence-corrected chi connectivity index (χ3v) is 0.453. The number of nitrogens with two attached hydrogens (primary N) is 1. The Hall–Kier alpha value is -0.870. The lowest BCUT2D eigenvalue weighted by atomic mass is 10.6. The molecule has 0 heterocycles. The van der Waals surface area contributed by atoms with E-state index >= 15 is 0 Å². The van der Waals surface area contributed by atoms with Gasteiger partial charge in [0.1, 0.15) is 0 Å². The zero-order valence-corrected chi connectivity index (χ0v) is 5.33. The SMILES string of the molecule is C=CC(=O)OCC.NO. The monoisotopic (exact) mass is 133 g/mol. The molecule has 0 aliphatic carbocycles. The molecule has 0 unspecified atom stereocenters. The molecule has 0 radical (unpaired) electrons. The minimum Gasteiger partial charge on any atom is -0.463 e. The van der Waals surface area contributed by atoms with Crippen LogP contribution < -0.4 is 5.90 Å². The topological polar surface area (TPSA) is 72.5 Å². The van der Waals surface area contributed by atoms with E-state index in [0.717, 1.165) is 6.08 Å². The molecule has 0 rings (SSSR count). The van der Waals surface area contributed by atoms with E-state index in [1.807, 2.05) is 0 Å². The number of ether oxygens (including phenoxy) is 1. The summed E-state index contributed by atoms with van der Waals surface area (Å²) < 4.78 is 4.43. The largest absolute Gasteiger partial charge is 0.463 e. The Kier molecular flexibility index (Phi) is 12.4. The molecule has 0 atom stereocenters. The maximum absolute atomic E-state index is 10.1. The minimum atomic E-state index is -0.359. The first-order chi connectivity index (χ1) is 4.31. The highest BCUT2D eigenvalue weighted by Gasteiger charge is 1.86. The summed E-state index contributed by atoms with van der Waals surface area (Å²) in [5.41, 5.74) is 0. The predicted molar refractivity (Wildman–Crippen MR) is 32.8 cm³/mol. The van der Waals surface area contributed by atoms with Crippen LogP contribution >= 0.6 is 0 Å². The number of esters is 1. The average molecular weight is 133 g/mol. The number of hydrogen-bond donors (Lipinski definition) is 2. The van der Waals surface area contributed by atoms with Crippen LogP contribution in [0.3, 0.4) is 0 Å². The fraction of sp³-hybridized carbons (Fsp3) is 0.400. The lowest BCUT2D eigenvalue weighted by Crippen LogP contribution is -1.97. The molecule has 9 heavy (non-hydrogen) atoms. The molecular formula is C5H11NO3. The fourth-order valence-electron chi connectivity index (χ4n) is 0.201. The van der Waals surface area contributed by atoms with Crippen LogP contribution in [0.4, 0.5) is 0 Å². The van der Waals surface area contributed by atoms with Crippen molar-refractivity contribution in [2.75, 3.05) is 6.61 Å². The summed E-state index contributed by atoms with van der Waals surface area (Å²) >= 11 is 0. The van der Waals surface area contributed by atoms with Crippen LogP contribution in [0.25, 0.3) is 0 Å². The van der Waals surface area contributed by atoms with E-state index in [9.17, 15) is 4.79 Å². The first kappa shape index (κ1) is 11.0. The van der Waals surface area contributed by atoms with Crippen molar-refractivity contribution < 1.29 is 14.7 Å². The van der Waals surface area contributed by atoms with Gasteiger partial charge in [0.2, 0.25) is 0 Å². The highest BCUT2D eigenvalue weighted by atomic mass is 16.5. The molecule has 0 aromatic carbocycles. The molecule has 0 aliphatic heterocycles. The quantitative estimate of drug-likeness (QED) is 0.317. The van der Waals surface area contributed by atoms with Crippen molar-refractivity contribution >= 4 is 5.97 Å². The molecule has 0 aliphatic rings. The van der Waals surface area contributed by atoms with Crippen LogP contribution in [0.1, 0.15) is 6.92 Å². The molecule has 0 amide bonds. The Morgan fingerprint density at radius 2 is 2.33 bits per heavy atom. The summed E-state index contributed by atoms with van der Waals surface area (Å²) in [4.78, 5) is 10.1. The Labute approximate surface area is 53.9 Å². The Morgan fingerprint density at radius 1 is 1.89 bits per heavy atom. The van der Waals surface area contributed by atoms with Crippen molar-refractivity contribution in [2.45, 2.75) is 6.92 Å². The van der Waals surface area contributed by atoms with Crippen LogP contribution in [0.5, 0.6) is 0 Å². The lowest BCUT2D eigenvalue weighted by Gasteiger charge is -1.90. The highest BCUT2D eigenvalue weighted by molar-refractivity contribution is 5.81. The van der Waals surface area contributed by atoms with Crippen molar-refractivity contribution in [1.82, 2.24) is 0 Å². The van der Waals surface area contributed by atoms with Crippen molar-refractivity contribution in [2.24, 2.45) is 5.90 Å². The van der Waals surface area contributed by atoms with Gasteiger partial charge in [-0.2, -0.15) is 0 Å². The van der Waals surface area contributed by atoms with E-state index < -0.39 is 0 Å². The maximum atomic E-state index is 10.1. The summed E-state index contributed by atoms with van der Waals surface area (Å²) in [5, 5.41) is 6.50. The molecule has 0 aromatic heterocycles. The lowest BCUT2D eigenvalue weighted by molar-refractivity contribution is -0.137. The van der Waals surface area contributed by atoms with Crippen molar-refractivity contribution in [3.05, 3.63) is 12.7 Å². The fourth-order valence-corrected chi connectivity index (χ4v) is 0.201. The second kappa shape index (κ2) is 10.2. The molecule has 54 valence electrons. The van der Waals surface area contributed by atoms with E-state index in [1.54, 1.807) is 6.92 Å². The maximum Gasteiger partial charge on any atom is 0.330 e. The zero-order valence-electron chi connectivity index (χ0n) is 5.33. The van der Waals surface area contributed by atoms with Crippen LogP contribution in [-0.4, -0.2) is 17.8 Å². The first-order valence-electron chi connectivity index (χ1n) is 2.36. The van der Waals surface area contributed by atoms with E-state index in [-0.39, 0.29) is 5.97 Å². The molecule has 0 saturated heterocycles. The number of rotatable bonds is 2. The van der Waals surface area contributed by atoms with Gasteiger partial charge < -0.3 is 9.94 Å². The summed E-state index contributed by atoms with van der Waals surface area (Å²) in [5.74, 6) is 3.14. The van der Waals surface area contributed by atoms with Crippen molar-refractivity contribution in [3.63, 3.8) is 0 Å². The molecule has 0 saturated carbocycles. The van der Waals surface area contributed by atoms with Gasteiger partial charge in [-0.3, -0.25) is 0 Å². The zero-order chi connectivity index (χ0) is 7.70. The van der Waals surface area contributed by atoms with Gasteiger partial charge in [-0.1, -0.05) is 6.58 Å². The summed E-state index contributed by atoms with van der Waals surface area (Å²) in [6.45, 7) is 5.38. The van der Waals surface area contributed by atoms with Gasteiger partial charge in [0.15, 0.2) is 0 Å². The van der Waals surface area contributed by atoms with E-state index in [0.29, 0.717) is 6.61 Å². The van der Waals surface area contributed by atoms with E-state index in [4.69, 9.17) is 5.21 Å². The van der Waals surface area contributed by atoms with Crippen LogP contribution in [0.15, 0.2) is 12.7 Å². The summed E-state index contributed by atoms with van der Waals surface area (Å²) in [7, 11) is 0. The van der Waals surface area contributed by atoms with Gasteiger partial charge in [-0.25, -0.2) is 10.7 Å². The third kappa shape index (κ3) is 11.0. The second-order valence-electron chi connectivity index (χ2n) is 0.956. The van der Waals surface area contributed by atoms with Gasteiger partial charge in [-0.15, -0.1) is 0 Å². The number of carbonyl (C=O) groups excluding carboxylic acids is 1. The van der Waals surface area contributed by atoms with Crippen LogP contribution in [0, 0.1) is 0 Å². The molecule has 0 fully saturated rings. The third-order valence-electron chi connectivity index (χ3n) is 0.453. The number of carbonyl (C=O) groups is 1. The van der Waals surface area contributed by atoms with Gasteiger partial charge in [0.25, 0.3) is 0 Å². The smallest absolute Gasteiger partial charge is 0.330 e. The van der Waals surface area contributed by atoms with Gasteiger partial charge in [0, 0.05) is 6.08 Å². The molecule has 4 nitrogen and oxygen atoms in total. The van der Waals surface area contributed by atoms with Crippen LogP contribution in [-0.2, 0) is 9.53 Å². The minimum absolute atomic E-state index is 0.359. The van der Waals surface area contributed by atoms with Crippen molar-refractivity contribution in [3.8, 4) is 0 Å². The average Bonchev–Trinajstić information content (AvgIpc) is 1.93. The van der Waals surface area contributed by atoms with Gasteiger partial charge in [-0.05, 0) is 6.92 Å². The highest BCUT2D eigenvalue weighted by Crippen LogP contribution is 1.74.